The molecule has 1 aromatic rings. The summed E-state index contributed by atoms with van der Waals surface area (Å²) in [5.74, 6) is 1.89. The van der Waals surface area contributed by atoms with E-state index in [1.165, 1.54) is 0 Å². The second-order valence-electron chi connectivity index (χ2n) is 5.51. The number of aromatic nitrogens is 1. The number of nitrogens with zero attached hydrogens (tertiary/aromatic N) is 1. The first-order chi connectivity index (χ1) is 9.71. The first-order valence-electron chi connectivity index (χ1n) is 7.82. The summed E-state index contributed by atoms with van der Waals surface area (Å²) in [4.78, 5) is 4.59. The topological polar surface area (TPSA) is 46.2 Å². The molecule has 1 aliphatic heterocycles. The number of rotatable bonds is 6. The van der Waals surface area contributed by atoms with Crippen LogP contribution in [0, 0.1) is 0 Å². The highest BCUT2D eigenvalue weighted by Gasteiger charge is 2.34. The summed E-state index contributed by atoms with van der Waals surface area (Å²) in [5.41, 5.74) is 0.0508. The maximum Gasteiger partial charge on any atom is 0.128 e. The van der Waals surface area contributed by atoms with E-state index in [-0.39, 0.29) is 5.60 Å². The van der Waals surface area contributed by atoms with E-state index in [1.807, 2.05) is 18.2 Å². The van der Waals surface area contributed by atoms with Gasteiger partial charge >= 0.3 is 0 Å². The summed E-state index contributed by atoms with van der Waals surface area (Å²) in [6, 6.07) is 6.53. The van der Waals surface area contributed by atoms with Crippen LogP contribution in [0.4, 0.5) is 11.6 Å². The molecule has 1 fully saturated rings. The monoisotopic (exact) mass is 277 g/mol. The summed E-state index contributed by atoms with van der Waals surface area (Å²) in [6.45, 7) is 8.25. The van der Waals surface area contributed by atoms with Gasteiger partial charge in [-0.05, 0) is 44.7 Å². The van der Waals surface area contributed by atoms with E-state index in [1.54, 1.807) is 0 Å². The van der Waals surface area contributed by atoms with E-state index in [0.29, 0.717) is 6.04 Å². The van der Waals surface area contributed by atoms with E-state index in [2.05, 4.69) is 36.4 Å². The molecule has 0 amide bonds. The molecule has 1 aliphatic rings. The van der Waals surface area contributed by atoms with Crippen molar-refractivity contribution < 1.29 is 4.74 Å². The van der Waals surface area contributed by atoms with Gasteiger partial charge in [-0.2, -0.15) is 0 Å². The van der Waals surface area contributed by atoms with Crippen LogP contribution in [0.15, 0.2) is 18.2 Å². The predicted molar refractivity (Wildman–Crippen MR) is 84.3 cm³/mol. The SMILES string of the molecule is CCNc1cccc(NC2CCOC(CC)(CC)C2)n1. The Labute approximate surface area is 122 Å². The molecule has 0 radical (unpaired) electrons. The number of nitrogens with one attached hydrogen (secondary N) is 2. The van der Waals surface area contributed by atoms with Gasteiger partial charge in [0.25, 0.3) is 0 Å². The third-order valence-corrected chi connectivity index (χ3v) is 4.24. The molecule has 1 saturated heterocycles. The molecular formula is C16H27N3O. The molecular weight excluding hydrogens is 250 g/mol. The molecule has 2 N–H and O–H groups in total. The van der Waals surface area contributed by atoms with Crippen molar-refractivity contribution in [3.63, 3.8) is 0 Å². The molecule has 0 aliphatic carbocycles. The Hall–Kier alpha value is -1.29. The van der Waals surface area contributed by atoms with Crippen molar-refractivity contribution in [2.45, 2.75) is 58.1 Å². The maximum absolute atomic E-state index is 6.02. The zero-order chi connectivity index (χ0) is 14.4. The summed E-state index contributed by atoms with van der Waals surface area (Å²) in [6.07, 6.45) is 4.26. The fourth-order valence-corrected chi connectivity index (χ4v) is 2.90. The smallest absolute Gasteiger partial charge is 0.128 e. The third kappa shape index (κ3) is 3.63. The van der Waals surface area contributed by atoms with Crippen LogP contribution in [0.2, 0.25) is 0 Å². The van der Waals surface area contributed by atoms with Gasteiger partial charge in [0.2, 0.25) is 0 Å². The highest BCUT2D eigenvalue weighted by molar-refractivity contribution is 5.45. The molecule has 4 nitrogen and oxygen atoms in total. The van der Waals surface area contributed by atoms with Gasteiger partial charge in [0.15, 0.2) is 0 Å². The highest BCUT2D eigenvalue weighted by atomic mass is 16.5. The van der Waals surface area contributed by atoms with Gasteiger partial charge in [-0.15, -0.1) is 0 Å². The first kappa shape index (κ1) is 15.1. The fourth-order valence-electron chi connectivity index (χ4n) is 2.90. The molecule has 4 heteroatoms. The molecule has 0 aromatic carbocycles. The zero-order valence-corrected chi connectivity index (χ0v) is 12.9. The van der Waals surface area contributed by atoms with Gasteiger partial charge in [-0.1, -0.05) is 19.9 Å². The van der Waals surface area contributed by atoms with Gasteiger partial charge < -0.3 is 15.4 Å². The number of hydrogen-bond acceptors (Lipinski definition) is 4. The summed E-state index contributed by atoms with van der Waals surface area (Å²) >= 11 is 0. The van der Waals surface area contributed by atoms with Gasteiger partial charge in [0.1, 0.15) is 11.6 Å². The number of anilines is 2. The van der Waals surface area contributed by atoms with Gasteiger partial charge in [0.05, 0.1) is 5.60 Å². The average molecular weight is 277 g/mol. The maximum atomic E-state index is 6.02. The van der Waals surface area contributed by atoms with Crippen LogP contribution in [-0.4, -0.2) is 29.8 Å². The minimum atomic E-state index is 0.0508. The van der Waals surface area contributed by atoms with Gasteiger partial charge in [-0.3, -0.25) is 0 Å². The summed E-state index contributed by atoms with van der Waals surface area (Å²) in [5, 5.41) is 6.82. The second kappa shape index (κ2) is 6.93. The lowest BCUT2D eigenvalue weighted by Gasteiger charge is -2.40. The van der Waals surface area contributed by atoms with Crippen molar-refractivity contribution in [1.82, 2.24) is 4.98 Å². The van der Waals surface area contributed by atoms with E-state index in [4.69, 9.17) is 4.74 Å². The Morgan fingerprint density at radius 3 is 2.70 bits per heavy atom. The van der Waals surface area contributed by atoms with Crippen molar-refractivity contribution in [3.05, 3.63) is 18.2 Å². The fraction of sp³-hybridized carbons (Fsp3) is 0.688. The Kier molecular flexibility index (Phi) is 5.24. The van der Waals surface area contributed by atoms with Crippen molar-refractivity contribution in [3.8, 4) is 0 Å². The summed E-state index contributed by atoms with van der Waals surface area (Å²) < 4.78 is 6.02. The molecule has 2 rings (SSSR count). The molecule has 0 saturated carbocycles. The van der Waals surface area contributed by atoms with Gasteiger partial charge in [-0.25, -0.2) is 4.98 Å². The lowest BCUT2D eigenvalue weighted by Crippen LogP contribution is -2.43. The van der Waals surface area contributed by atoms with Crippen LogP contribution in [-0.2, 0) is 4.74 Å². The molecule has 0 spiro atoms. The first-order valence-corrected chi connectivity index (χ1v) is 7.82. The predicted octanol–water partition coefficient (Wildman–Crippen LogP) is 3.66. The van der Waals surface area contributed by atoms with Crippen LogP contribution >= 0.6 is 0 Å². The van der Waals surface area contributed by atoms with Crippen molar-refractivity contribution in [1.29, 1.82) is 0 Å². The van der Waals surface area contributed by atoms with Crippen molar-refractivity contribution in [2.24, 2.45) is 0 Å². The Bertz CT molecular complexity index is 418. The minimum absolute atomic E-state index is 0.0508. The largest absolute Gasteiger partial charge is 0.375 e. The van der Waals surface area contributed by atoms with E-state index < -0.39 is 0 Å². The Morgan fingerprint density at radius 2 is 2.00 bits per heavy atom. The zero-order valence-electron chi connectivity index (χ0n) is 12.9. The molecule has 112 valence electrons. The van der Waals surface area contributed by atoms with E-state index in [0.717, 1.165) is 50.5 Å². The van der Waals surface area contributed by atoms with Gasteiger partial charge in [0, 0.05) is 19.2 Å². The van der Waals surface area contributed by atoms with Crippen molar-refractivity contribution in [2.75, 3.05) is 23.8 Å². The lowest BCUT2D eigenvalue weighted by molar-refractivity contribution is -0.0864. The molecule has 1 atom stereocenters. The highest BCUT2D eigenvalue weighted by Crippen LogP contribution is 2.32. The lowest BCUT2D eigenvalue weighted by atomic mass is 9.86. The van der Waals surface area contributed by atoms with E-state index in [9.17, 15) is 0 Å². The number of ether oxygens (including phenoxy) is 1. The third-order valence-electron chi connectivity index (χ3n) is 4.24. The Morgan fingerprint density at radius 1 is 1.25 bits per heavy atom. The minimum Gasteiger partial charge on any atom is -0.375 e. The molecule has 1 aromatic heterocycles. The number of hydrogen-bond donors (Lipinski definition) is 2. The normalized spacial score (nSPS) is 21.4. The standard InChI is InChI=1S/C16H27N3O/c1-4-16(5-2)12-13(10-11-20-16)18-15-9-7-8-14(19-15)17-6-3/h7-9,13H,4-6,10-12H2,1-3H3,(H2,17,18,19). The summed E-state index contributed by atoms with van der Waals surface area (Å²) in [7, 11) is 0. The van der Waals surface area contributed by atoms with Crippen LogP contribution < -0.4 is 10.6 Å². The molecule has 20 heavy (non-hydrogen) atoms. The van der Waals surface area contributed by atoms with Crippen LogP contribution in [0.5, 0.6) is 0 Å². The van der Waals surface area contributed by atoms with Crippen LogP contribution in [0.1, 0.15) is 46.5 Å². The quantitative estimate of drug-likeness (QED) is 0.833. The number of pyridine rings is 1. The Balaban J connectivity index is 2.00. The molecule has 0 bridgehead atoms. The second-order valence-corrected chi connectivity index (χ2v) is 5.51. The van der Waals surface area contributed by atoms with Crippen LogP contribution in [0.25, 0.3) is 0 Å². The molecule has 1 unspecified atom stereocenters. The average Bonchev–Trinajstić information content (AvgIpc) is 2.48. The van der Waals surface area contributed by atoms with Crippen molar-refractivity contribution >= 4 is 11.6 Å². The van der Waals surface area contributed by atoms with Crippen LogP contribution in [0.3, 0.4) is 0 Å². The molecule has 2 heterocycles. The van der Waals surface area contributed by atoms with E-state index >= 15 is 0 Å².